The number of anilines is 5. The first-order valence-corrected chi connectivity index (χ1v) is 17.5. The fourth-order valence-electron chi connectivity index (χ4n) is 4.28. The number of ether oxygens (including phenoxy) is 1. The van der Waals surface area contributed by atoms with E-state index in [9.17, 15) is 35.8 Å². The van der Waals surface area contributed by atoms with Crippen LogP contribution in [0.4, 0.5) is 52.0 Å². The minimum absolute atomic E-state index is 0. The largest absolute Gasteiger partial charge is 1.00 e. The number of aromatic nitrogens is 3. The maximum Gasteiger partial charge on any atom is 1.00 e. The van der Waals surface area contributed by atoms with Crippen LogP contribution >= 0.6 is 0 Å². The molecule has 0 aliphatic heterocycles. The zero-order chi connectivity index (χ0) is 37.3. The summed E-state index contributed by atoms with van der Waals surface area (Å²) in [5, 5.41) is 34.2. The second-order valence-corrected chi connectivity index (χ2v) is 13.0. The van der Waals surface area contributed by atoms with Crippen LogP contribution in [0, 0.1) is 0 Å². The van der Waals surface area contributed by atoms with E-state index in [4.69, 9.17) is 4.74 Å². The molecule has 0 bridgehead atoms. The summed E-state index contributed by atoms with van der Waals surface area (Å²) in [7, 11) is -7.94. The van der Waals surface area contributed by atoms with Crippen LogP contribution in [-0.4, -0.2) is 72.5 Å². The minimum atomic E-state index is -4.68. The van der Waals surface area contributed by atoms with E-state index in [0.29, 0.717) is 23.4 Å². The third-order valence-corrected chi connectivity index (χ3v) is 8.31. The molecule has 0 saturated carbocycles. The third kappa shape index (κ3) is 12.4. The van der Waals surface area contributed by atoms with Crippen LogP contribution < -0.4 is 79.8 Å². The van der Waals surface area contributed by atoms with Gasteiger partial charge in [0.15, 0.2) is 6.29 Å². The molecule has 1 aromatic heterocycles. The van der Waals surface area contributed by atoms with E-state index in [1.54, 1.807) is 12.1 Å². The smallest absolute Gasteiger partial charge is 0.744 e. The summed E-state index contributed by atoms with van der Waals surface area (Å²) in [6, 6.07) is 19.3. The Balaban J connectivity index is 0.00000392. The standard InChI is InChI=1S/C31H28N10O9S2.2Na/c1-50-28-17-23(41-39-21-5-3-7-25(16-21)52(47,48)49)9-11-27(28)34-31-36-29(32-12-13-42)35-30(37-31)33-26-10-8-22(14-19(26)18-43)40-38-20-4-2-6-24(15-20)51(44,45)46;;/h2-11,14-18,42H,12-13H2,1H3,(H,44,45,46)(H,47,48,49)(H3,32,33,34,35,36,37);;/q;2*+1/p-2. The van der Waals surface area contributed by atoms with Gasteiger partial charge >= 0.3 is 59.1 Å². The van der Waals surface area contributed by atoms with E-state index in [1.807, 2.05) is 0 Å². The first kappa shape index (κ1) is 44.1. The molecule has 4 N–H and O–H groups in total. The van der Waals surface area contributed by atoms with E-state index in [1.165, 1.54) is 55.6 Å². The van der Waals surface area contributed by atoms with Gasteiger partial charge in [0, 0.05) is 18.2 Å². The number of methoxy groups -OCH3 is 1. The van der Waals surface area contributed by atoms with Crippen molar-refractivity contribution in [2.24, 2.45) is 20.5 Å². The van der Waals surface area contributed by atoms with Crippen molar-refractivity contribution in [2.45, 2.75) is 9.79 Å². The van der Waals surface area contributed by atoms with Gasteiger partial charge in [-0.15, -0.1) is 0 Å². The van der Waals surface area contributed by atoms with Gasteiger partial charge in [-0.25, -0.2) is 16.8 Å². The topological polar surface area (TPSA) is 285 Å². The summed E-state index contributed by atoms with van der Waals surface area (Å²) < 4.78 is 73.4. The summed E-state index contributed by atoms with van der Waals surface area (Å²) in [6.45, 7) is -0.112. The fraction of sp³-hybridized carbons (Fsp3) is 0.0968. The normalized spacial score (nSPS) is 11.4. The van der Waals surface area contributed by atoms with Crippen molar-refractivity contribution in [1.82, 2.24) is 15.0 Å². The predicted molar refractivity (Wildman–Crippen MR) is 184 cm³/mol. The second-order valence-electron chi connectivity index (χ2n) is 10.3. The van der Waals surface area contributed by atoms with E-state index in [2.05, 4.69) is 51.4 Å². The molecule has 1 heterocycles. The molecule has 0 aliphatic rings. The summed E-state index contributed by atoms with van der Waals surface area (Å²) >= 11 is 0. The van der Waals surface area contributed by atoms with E-state index in [0.717, 1.165) is 24.3 Å². The van der Waals surface area contributed by atoms with Crippen molar-refractivity contribution in [3.63, 3.8) is 0 Å². The Morgan fingerprint density at radius 3 is 1.63 bits per heavy atom. The number of hydrogen-bond donors (Lipinski definition) is 4. The van der Waals surface area contributed by atoms with Crippen LogP contribution in [0.25, 0.3) is 0 Å². The van der Waals surface area contributed by atoms with E-state index < -0.39 is 30.0 Å². The quantitative estimate of drug-likeness (QED) is 0.0438. The van der Waals surface area contributed by atoms with Gasteiger partial charge in [-0.3, -0.25) is 4.79 Å². The maximum atomic E-state index is 12.0. The van der Waals surface area contributed by atoms with Crippen LogP contribution in [0.15, 0.2) is 115 Å². The molecular weight excluding hydrogens is 767 g/mol. The number of carbonyl (C=O) groups excluding carboxylic acids is 1. The molecule has 54 heavy (non-hydrogen) atoms. The number of benzene rings is 4. The fourth-order valence-corrected chi connectivity index (χ4v) is 5.30. The summed E-state index contributed by atoms with van der Waals surface area (Å²) in [5.74, 6) is 0.391. The Morgan fingerprint density at radius 1 is 0.685 bits per heavy atom. The molecule has 0 saturated heterocycles. The molecule has 0 amide bonds. The maximum absolute atomic E-state index is 12.0. The Bertz CT molecular complexity index is 2410. The average Bonchev–Trinajstić information content (AvgIpc) is 3.12. The zero-order valence-electron chi connectivity index (χ0n) is 28.7. The van der Waals surface area contributed by atoms with Gasteiger partial charge in [0.05, 0.1) is 57.6 Å². The molecule has 0 atom stereocenters. The van der Waals surface area contributed by atoms with Crippen LogP contribution in [0.1, 0.15) is 10.4 Å². The first-order valence-electron chi connectivity index (χ1n) is 14.7. The average molecular weight is 793 g/mol. The molecule has 0 unspecified atom stereocenters. The van der Waals surface area contributed by atoms with Gasteiger partial charge in [0.25, 0.3) is 0 Å². The SMILES string of the molecule is COc1cc(N=Nc2cccc(S(=O)(=O)[O-])c2)ccc1Nc1nc(NCCO)nc(Nc2ccc(N=Nc3cccc(S(=O)(=O)[O-])c3)cc2C=O)n1.[Na+].[Na+]. The molecular formula is C31H26N10Na2O9S2. The van der Waals surface area contributed by atoms with Crippen molar-refractivity contribution in [3.8, 4) is 5.75 Å². The third-order valence-electron chi connectivity index (χ3n) is 6.64. The summed E-state index contributed by atoms with van der Waals surface area (Å²) in [6.07, 6.45) is 0.559. The van der Waals surface area contributed by atoms with Crippen LogP contribution in [0.2, 0.25) is 0 Å². The van der Waals surface area contributed by atoms with Gasteiger partial charge in [-0.05, 0) is 66.7 Å². The van der Waals surface area contributed by atoms with Crippen LogP contribution in [0.5, 0.6) is 5.75 Å². The Hall–Kier alpha value is -4.26. The first-order chi connectivity index (χ1) is 24.8. The van der Waals surface area contributed by atoms with E-state index in [-0.39, 0.29) is 118 Å². The molecule has 0 spiro atoms. The molecule has 19 nitrogen and oxygen atoms in total. The number of nitrogens with one attached hydrogen (secondary N) is 3. The van der Waals surface area contributed by atoms with Gasteiger partial charge in [0.1, 0.15) is 26.0 Å². The molecule has 5 aromatic rings. The number of aliphatic hydroxyl groups is 1. The molecule has 0 fully saturated rings. The summed E-state index contributed by atoms with van der Waals surface area (Å²) in [5.41, 5.74) is 1.64. The monoisotopic (exact) mass is 792 g/mol. The molecule has 0 aliphatic carbocycles. The Kier molecular flexibility index (Phi) is 16.3. The minimum Gasteiger partial charge on any atom is -0.744 e. The molecule has 268 valence electrons. The number of aliphatic hydroxyl groups excluding tert-OH is 1. The number of azo groups is 2. The van der Waals surface area contributed by atoms with E-state index >= 15 is 0 Å². The van der Waals surface area contributed by atoms with Crippen molar-refractivity contribution in [2.75, 3.05) is 36.2 Å². The molecule has 4 aromatic carbocycles. The van der Waals surface area contributed by atoms with Crippen molar-refractivity contribution >= 4 is 78.5 Å². The van der Waals surface area contributed by atoms with Gasteiger partial charge in [-0.2, -0.15) is 35.4 Å². The Labute approximate surface area is 352 Å². The van der Waals surface area contributed by atoms with Gasteiger partial charge in [-0.1, -0.05) is 12.1 Å². The number of aldehydes is 1. The number of rotatable bonds is 15. The van der Waals surface area contributed by atoms with Crippen molar-refractivity contribution < 1.29 is 99.7 Å². The summed E-state index contributed by atoms with van der Waals surface area (Å²) in [4.78, 5) is 24.1. The zero-order valence-corrected chi connectivity index (χ0v) is 34.4. The van der Waals surface area contributed by atoms with Crippen LogP contribution in [0.3, 0.4) is 0 Å². The van der Waals surface area contributed by atoms with Crippen LogP contribution in [-0.2, 0) is 20.2 Å². The molecule has 0 radical (unpaired) electrons. The predicted octanol–water partition coefficient (Wildman–Crippen LogP) is -0.769. The number of carbonyl (C=O) groups is 1. The Morgan fingerprint density at radius 2 is 1.15 bits per heavy atom. The number of nitrogens with zero attached hydrogens (tertiary/aromatic N) is 7. The second kappa shape index (κ2) is 19.9. The van der Waals surface area contributed by atoms with Gasteiger partial charge < -0.3 is 34.9 Å². The number of hydrogen-bond acceptors (Lipinski definition) is 19. The molecule has 5 rings (SSSR count). The molecule has 23 heteroatoms. The van der Waals surface area contributed by atoms with Crippen molar-refractivity contribution in [3.05, 3.63) is 90.5 Å². The van der Waals surface area contributed by atoms with Gasteiger partial charge in [0.2, 0.25) is 17.8 Å². The van der Waals surface area contributed by atoms with Crippen molar-refractivity contribution in [1.29, 1.82) is 0 Å².